The standard InChI is InChI=1S/C26H32N2O4/c29-25(28-12-10-22(11-13-28)18-21-4-2-1-3-5-21)20-32-26(30)24-8-6-23(7-9-24)19-27-14-16-31-17-15-27/h1-9,22H,10-20H2. The van der Waals surface area contributed by atoms with Crippen LogP contribution >= 0.6 is 0 Å². The lowest BCUT2D eigenvalue weighted by Crippen LogP contribution is -2.41. The Morgan fingerprint density at radius 3 is 2.25 bits per heavy atom. The summed E-state index contributed by atoms with van der Waals surface area (Å²) in [5, 5.41) is 0. The lowest BCUT2D eigenvalue weighted by atomic mass is 9.90. The Bertz CT molecular complexity index is 870. The third kappa shape index (κ3) is 6.40. The van der Waals surface area contributed by atoms with Crippen LogP contribution in [0.3, 0.4) is 0 Å². The molecule has 6 heteroatoms. The maximum absolute atomic E-state index is 12.5. The van der Waals surface area contributed by atoms with Gasteiger partial charge < -0.3 is 14.4 Å². The number of ether oxygens (including phenoxy) is 2. The highest BCUT2D eigenvalue weighted by Crippen LogP contribution is 2.21. The van der Waals surface area contributed by atoms with Gasteiger partial charge in [-0.25, -0.2) is 4.79 Å². The van der Waals surface area contributed by atoms with Gasteiger partial charge in [-0.3, -0.25) is 9.69 Å². The highest BCUT2D eigenvalue weighted by Gasteiger charge is 2.24. The van der Waals surface area contributed by atoms with E-state index in [9.17, 15) is 9.59 Å². The first-order valence-corrected chi connectivity index (χ1v) is 11.6. The summed E-state index contributed by atoms with van der Waals surface area (Å²) in [4.78, 5) is 29.0. The molecule has 0 aliphatic carbocycles. The van der Waals surface area contributed by atoms with Crippen molar-refractivity contribution in [1.82, 2.24) is 9.80 Å². The van der Waals surface area contributed by atoms with E-state index in [0.29, 0.717) is 11.5 Å². The minimum Gasteiger partial charge on any atom is -0.452 e. The summed E-state index contributed by atoms with van der Waals surface area (Å²) in [6.07, 6.45) is 3.03. The molecule has 2 aliphatic rings. The molecule has 32 heavy (non-hydrogen) atoms. The number of piperidine rings is 1. The molecule has 4 rings (SSSR count). The molecule has 2 aromatic rings. The van der Waals surface area contributed by atoms with Gasteiger partial charge in [-0.15, -0.1) is 0 Å². The number of esters is 1. The van der Waals surface area contributed by atoms with Gasteiger partial charge in [0.2, 0.25) is 0 Å². The van der Waals surface area contributed by atoms with Gasteiger partial charge in [-0.2, -0.15) is 0 Å². The fourth-order valence-electron chi connectivity index (χ4n) is 4.40. The van der Waals surface area contributed by atoms with Crippen LogP contribution in [0.5, 0.6) is 0 Å². The van der Waals surface area contributed by atoms with Gasteiger partial charge in [0.25, 0.3) is 5.91 Å². The molecule has 0 N–H and O–H groups in total. The molecule has 170 valence electrons. The zero-order chi connectivity index (χ0) is 22.2. The number of amides is 1. The van der Waals surface area contributed by atoms with Crippen LogP contribution in [0.2, 0.25) is 0 Å². The van der Waals surface area contributed by atoms with E-state index in [1.165, 1.54) is 5.56 Å². The highest BCUT2D eigenvalue weighted by atomic mass is 16.5. The van der Waals surface area contributed by atoms with Crippen molar-refractivity contribution in [3.05, 3.63) is 71.3 Å². The number of likely N-dealkylation sites (tertiary alicyclic amines) is 1. The number of morpholine rings is 1. The molecule has 0 spiro atoms. The summed E-state index contributed by atoms with van der Waals surface area (Å²) >= 11 is 0. The second kappa shape index (κ2) is 11.2. The number of rotatable bonds is 7. The maximum Gasteiger partial charge on any atom is 0.338 e. The van der Waals surface area contributed by atoms with Crippen molar-refractivity contribution in [3.63, 3.8) is 0 Å². The molecule has 0 aromatic heterocycles. The Balaban J connectivity index is 1.18. The Hall–Kier alpha value is -2.70. The van der Waals surface area contributed by atoms with Gasteiger partial charge in [0.1, 0.15) is 0 Å². The fourth-order valence-corrected chi connectivity index (χ4v) is 4.40. The molecule has 2 heterocycles. The molecule has 2 aromatic carbocycles. The van der Waals surface area contributed by atoms with Gasteiger partial charge in [0.15, 0.2) is 6.61 Å². The van der Waals surface area contributed by atoms with Crippen LogP contribution in [0.15, 0.2) is 54.6 Å². The molecule has 2 aliphatic heterocycles. The predicted octanol–water partition coefficient (Wildman–Crippen LogP) is 3.16. The van der Waals surface area contributed by atoms with E-state index in [2.05, 4.69) is 29.2 Å². The quantitative estimate of drug-likeness (QED) is 0.624. The number of benzene rings is 2. The summed E-state index contributed by atoms with van der Waals surface area (Å²) < 4.78 is 10.7. The zero-order valence-electron chi connectivity index (χ0n) is 18.6. The van der Waals surface area contributed by atoms with Crippen LogP contribution < -0.4 is 0 Å². The number of carbonyl (C=O) groups is 2. The number of nitrogens with zero attached hydrogens (tertiary/aromatic N) is 2. The predicted molar refractivity (Wildman–Crippen MR) is 122 cm³/mol. The molecular formula is C26H32N2O4. The molecule has 2 fully saturated rings. The molecule has 0 atom stereocenters. The van der Waals surface area contributed by atoms with Crippen LogP contribution in [0.4, 0.5) is 0 Å². The average Bonchev–Trinajstić information content (AvgIpc) is 2.84. The first kappa shape index (κ1) is 22.5. The summed E-state index contributed by atoms with van der Waals surface area (Å²) in [7, 11) is 0. The van der Waals surface area contributed by atoms with Crippen molar-refractivity contribution in [2.24, 2.45) is 5.92 Å². The van der Waals surface area contributed by atoms with Crippen molar-refractivity contribution in [3.8, 4) is 0 Å². The number of hydrogen-bond donors (Lipinski definition) is 0. The minimum absolute atomic E-state index is 0.111. The molecule has 0 unspecified atom stereocenters. The Labute approximate surface area is 190 Å². The van der Waals surface area contributed by atoms with Crippen LogP contribution in [0, 0.1) is 5.92 Å². The summed E-state index contributed by atoms with van der Waals surface area (Å²) in [6.45, 7) is 5.49. The molecule has 2 saturated heterocycles. The lowest BCUT2D eigenvalue weighted by Gasteiger charge is -2.32. The van der Waals surface area contributed by atoms with Crippen molar-refractivity contribution in [2.75, 3.05) is 46.0 Å². The monoisotopic (exact) mass is 436 g/mol. The van der Waals surface area contributed by atoms with E-state index in [-0.39, 0.29) is 12.5 Å². The van der Waals surface area contributed by atoms with Gasteiger partial charge in [0, 0.05) is 32.7 Å². The van der Waals surface area contributed by atoms with E-state index in [1.807, 2.05) is 23.1 Å². The maximum atomic E-state index is 12.5. The van der Waals surface area contributed by atoms with E-state index < -0.39 is 5.97 Å². The van der Waals surface area contributed by atoms with Crippen molar-refractivity contribution >= 4 is 11.9 Å². The van der Waals surface area contributed by atoms with Gasteiger partial charge in [-0.05, 0) is 48.4 Å². The third-order valence-corrected chi connectivity index (χ3v) is 6.36. The Morgan fingerprint density at radius 2 is 1.56 bits per heavy atom. The normalized spacial score (nSPS) is 17.8. The van der Waals surface area contributed by atoms with Crippen molar-refractivity contribution < 1.29 is 19.1 Å². The number of carbonyl (C=O) groups excluding carboxylic acids is 2. The lowest BCUT2D eigenvalue weighted by molar-refractivity contribution is -0.135. The van der Waals surface area contributed by atoms with Crippen LogP contribution in [0.25, 0.3) is 0 Å². The first-order chi connectivity index (χ1) is 15.7. The fraction of sp³-hybridized carbons (Fsp3) is 0.462. The van der Waals surface area contributed by atoms with E-state index >= 15 is 0 Å². The van der Waals surface area contributed by atoms with E-state index in [4.69, 9.17) is 9.47 Å². The van der Waals surface area contributed by atoms with Crippen molar-refractivity contribution in [2.45, 2.75) is 25.8 Å². The molecule has 0 radical (unpaired) electrons. The van der Waals surface area contributed by atoms with Crippen molar-refractivity contribution in [1.29, 1.82) is 0 Å². The Morgan fingerprint density at radius 1 is 0.875 bits per heavy atom. The average molecular weight is 437 g/mol. The minimum atomic E-state index is -0.449. The summed E-state index contributed by atoms with van der Waals surface area (Å²) in [5.41, 5.74) is 2.98. The molecule has 0 bridgehead atoms. The van der Waals surface area contributed by atoms with Crippen LogP contribution in [0.1, 0.15) is 34.3 Å². The number of hydrogen-bond acceptors (Lipinski definition) is 5. The molecule has 6 nitrogen and oxygen atoms in total. The van der Waals surface area contributed by atoms with E-state index in [0.717, 1.165) is 70.8 Å². The first-order valence-electron chi connectivity index (χ1n) is 11.6. The highest BCUT2D eigenvalue weighted by molar-refractivity contribution is 5.91. The SMILES string of the molecule is O=C(OCC(=O)N1CCC(Cc2ccccc2)CC1)c1ccc(CN2CCOCC2)cc1. The van der Waals surface area contributed by atoms with Gasteiger partial charge >= 0.3 is 5.97 Å². The molecule has 0 saturated carbocycles. The molecular weight excluding hydrogens is 404 g/mol. The Kier molecular flexibility index (Phi) is 7.91. The van der Waals surface area contributed by atoms with Gasteiger partial charge in [0.05, 0.1) is 18.8 Å². The second-order valence-electron chi connectivity index (χ2n) is 8.68. The largest absolute Gasteiger partial charge is 0.452 e. The van der Waals surface area contributed by atoms with E-state index in [1.54, 1.807) is 12.1 Å². The third-order valence-electron chi connectivity index (χ3n) is 6.36. The zero-order valence-corrected chi connectivity index (χ0v) is 18.6. The van der Waals surface area contributed by atoms with Crippen LogP contribution in [-0.4, -0.2) is 67.7 Å². The topological polar surface area (TPSA) is 59.1 Å². The summed E-state index contributed by atoms with van der Waals surface area (Å²) in [6, 6.07) is 17.9. The summed E-state index contributed by atoms with van der Waals surface area (Å²) in [5.74, 6) is 0.0377. The van der Waals surface area contributed by atoms with Gasteiger partial charge in [-0.1, -0.05) is 42.5 Å². The van der Waals surface area contributed by atoms with Crippen LogP contribution in [-0.2, 0) is 27.2 Å². The molecule has 1 amide bonds. The smallest absolute Gasteiger partial charge is 0.338 e. The second-order valence-corrected chi connectivity index (χ2v) is 8.68.